The molecule has 4 rings (SSSR count). The molecule has 1 fully saturated rings. The Morgan fingerprint density at radius 2 is 2.24 bits per heavy atom. The van der Waals surface area contributed by atoms with Crippen LogP contribution in [0.15, 0.2) is 42.9 Å². The maximum absolute atomic E-state index is 11.0. The average Bonchev–Trinajstić information content (AvgIpc) is 3.08. The lowest BCUT2D eigenvalue weighted by Gasteiger charge is -2.36. The molecule has 3 heterocycles. The number of nitrogens with two attached hydrogens (primary N) is 1. The number of amides is 1. The van der Waals surface area contributed by atoms with Crippen LogP contribution in [0.4, 0.5) is 16.3 Å². The first-order valence-corrected chi connectivity index (χ1v) is 9.62. The van der Waals surface area contributed by atoms with Crippen LogP contribution in [0, 0.1) is 6.92 Å². The highest BCUT2D eigenvalue weighted by atomic mass is 16.4. The minimum Gasteiger partial charge on any atom is -0.465 e. The number of hydrogen-bond acceptors (Lipinski definition) is 6. The fraction of sp³-hybridized carbons (Fsp3) is 0.350. The van der Waals surface area contributed by atoms with E-state index in [-0.39, 0.29) is 12.1 Å². The van der Waals surface area contributed by atoms with Gasteiger partial charge in [-0.25, -0.2) is 14.3 Å². The third-order valence-corrected chi connectivity index (χ3v) is 5.27. The summed E-state index contributed by atoms with van der Waals surface area (Å²) in [5, 5.41) is 19.3. The second kappa shape index (κ2) is 8.06. The van der Waals surface area contributed by atoms with Crippen molar-refractivity contribution in [2.24, 2.45) is 5.73 Å². The van der Waals surface area contributed by atoms with Crippen molar-refractivity contribution in [2.45, 2.75) is 32.0 Å². The highest BCUT2D eigenvalue weighted by Gasteiger charge is 2.28. The molecule has 9 nitrogen and oxygen atoms in total. The van der Waals surface area contributed by atoms with Crippen molar-refractivity contribution in [1.82, 2.24) is 24.8 Å². The molecule has 9 heteroatoms. The number of nitrogens with one attached hydrogen (secondary N) is 2. The fourth-order valence-corrected chi connectivity index (χ4v) is 3.83. The highest BCUT2D eigenvalue weighted by molar-refractivity contribution is 5.76. The van der Waals surface area contributed by atoms with Crippen LogP contribution < -0.4 is 16.4 Å². The molecule has 3 aromatic rings. The zero-order chi connectivity index (χ0) is 20.4. The SMILES string of the molecule is Cc1cccc(Nc2ncnn3ccc(CN4CC[C@@H](N)[C@@H](NC(=O)O)C4)c23)c1. The molecule has 1 aliphatic heterocycles. The second-order valence-corrected chi connectivity index (χ2v) is 7.48. The largest absolute Gasteiger partial charge is 0.465 e. The molecule has 29 heavy (non-hydrogen) atoms. The van der Waals surface area contributed by atoms with Crippen LogP contribution in [0.3, 0.4) is 0 Å². The Balaban J connectivity index is 1.57. The molecule has 0 aliphatic carbocycles. The van der Waals surface area contributed by atoms with Gasteiger partial charge in [0.25, 0.3) is 0 Å². The van der Waals surface area contributed by atoms with E-state index < -0.39 is 6.09 Å². The van der Waals surface area contributed by atoms with Crippen LogP contribution in [0.5, 0.6) is 0 Å². The van der Waals surface area contributed by atoms with Gasteiger partial charge in [0.1, 0.15) is 11.8 Å². The number of carbonyl (C=O) groups is 1. The van der Waals surface area contributed by atoms with Gasteiger partial charge in [-0.05, 0) is 42.7 Å². The molecule has 0 saturated carbocycles. The molecule has 0 spiro atoms. The van der Waals surface area contributed by atoms with Gasteiger partial charge in [-0.3, -0.25) is 4.90 Å². The number of aromatic nitrogens is 3. The molecule has 1 amide bonds. The first-order chi connectivity index (χ1) is 14.0. The van der Waals surface area contributed by atoms with Gasteiger partial charge in [0.2, 0.25) is 0 Å². The summed E-state index contributed by atoms with van der Waals surface area (Å²) in [6.07, 6.45) is 3.14. The van der Waals surface area contributed by atoms with Gasteiger partial charge in [0.15, 0.2) is 5.82 Å². The van der Waals surface area contributed by atoms with Gasteiger partial charge in [-0.1, -0.05) is 12.1 Å². The lowest BCUT2D eigenvalue weighted by atomic mass is 10.00. The summed E-state index contributed by atoms with van der Waals surface area (Å²) in [6.45, 7) is 4.09. The van der Waals surface area contributed by atoms with Crippen molar-refractivity contribution in [3.8, 4) is 0 Å². The van der Waals surface area contributed by atoms with E-state index in [1.807, 2.05) is 41.9 Å². The molecule has 2 atom stereocenters. The Morgan fingerprint density at radius 1 is 1.38 bits per heavy atom. The first kappa shape index (κ1) is 19.2. The Kier molecular flexibility index (Phi) is 5.32. The summed E-state index contributed by atoms with van der Waals surface area (Å²) in [4.78, 5) is 17.7. The summed E-state index contributed by atoms with van der Waals surface area (Å²) in [5.74, 6) is 0.736. The molecule has 0 radical (unpaired) electrons. The monoisotopic (exact) mass is 395 g/mol. The molecule has 152 valence electrons. The number of likely N-dealkylation sites (tertiary alicyclic amines) is 1. The Labute approximate surface area is 168 Å². The van der Waals surface area contributed by atoms with E-state index in [1.165, 1.54) is 6.33 Å². The minimum atomic E-state index is -1.04. The normalized spacial score (nSPS) is 19.9. The van der Waals surface area contributed by atoms with Gasteiger partial charge in [0, 0.05) is 37.6 Å². The van der Waals surface area contributed by atoms with Crippen molar-refractivity contribution in [1.29, 1.82) is 0 Å². The predicted molar refractivity (Wildman–Crippen MR) is 110 cm³/mol. The summed E-state index contributed by atoms with van der Waals surface area (Å²) < 4.78 is 1.81. The van der Waals surface area contributed by atoms with Crippen molar-refractivity contribution in [2.75, 3.05) is 18.4 Å². The fourth-order valence-electron chi connectivity index (χ4n) is 3.83. The summed E-state index contributed by atoms with van der Waals surface area (Å²) in [7, 11) is 0. The molecule has 1 aliphatic rings. The molecular formula is C20H25N7O2. The average molecular weight is 395 g/mol. The van der Waals surface area contributed by atoms with E-state index >= 15 is 0 Å². The van der Waals surface area contributed by atoms with Crippen LogP contribution in [0.1, 0.15) is 17.5 Å². The number of rotatable bonds is 5. The van der Waals surface area contributed by atoms with Gasteiger partial charge >= 0.3 is 6.09 Å². The Hall–Kier alpha value is -3.17. The zero-order valence-electron chi connectivity index (χ0n) is 16.2. The topological polar surface area (TPSA) is 121 Å². The summed E-state index contributed by atoms with van der Waals surface area (Å²) in [5.41, 5.74) is 10.2. The minimum absolute atomic E-state index is 0.171. The zero-order valence-corrected chi connectivity index (χ0v) is 16.2. The Bertz CT molecular complexity index is 1020. The molecule has 0 bridgehead atoms. The molecule has 0 unspecified atom stereocenters. The standard InChI is InChI=1S/C20H25N7O2/c1-13-3-2-4-15(9-13)24-19-18-14(5-8-27(18)23-12-22-19)10-26-7-6-16(21)17(11-26)25-20(28)29/h2-5,8-9,12,16-17,25H,6-7,10-11,21H2,1H3,(H,28,29)(H,22,23,24)/t16-,17+/m1/s1. The van der Waals surface area contributed by atoms with Gasteiger partial charge < -0.3 is 21.5 Å². The number of nitrogens with zero attached hydrogens (tertiary/aromatic N) is 4. The van der Waals surface area contributed by atoms with Gasteiger partial charge in [0.05, 0.1) is 6.04 Å². The summed E-state index contributed by atoms with van der Waals surface area (Å²) >= 11 is 0. The van der Waals surface area contributed by atoms with E-state index in [1.54, 1.807) is 0 Å². The van der Waals surface area contributed by atoms with Crippen LogP contribution in [0.25, 0.3) is 5.52 Å². The van der Waals surface area contributed by atoms with E-state index in [0.29, 0.717) is 13.1 Å². The van der Waals surface area contributed by atoms with Gasteiger partial charge in [-0.2, -0.15) is 5.10 Å². The molecule has 5 N–H and O–H groups in total. The van der Waals surface area contributed by atoms with E-state index in [4.69, 9.17) is 10.8 Å². The number of benzene rings is 1. The maximum Gasteiger partial charge on any atom is 0.404 e. The predicted octanol–water partition coefficient (Wildman–Crippen LogP) is 1.95. The van der Waals surface area contributed by atoms with Gasteiger partial charge in [-0.15, -0.1) is 0 Å². The maximum atomic E-state index is 11.0. The number of piperidine rings is 1. The number of carboxylic acid groups (broad SMARTS) is 1. The quantitative estimate of drug-likeness (QED) is 0.521. The van der Waals surface area contributed by atoms with Crippen LogP contribution in [-0.2, 0) is 6.54 Å². The molecular weight excluding hydrogens is 370 g/mol. The number of fused-ring (bicyclic) bond motifs is 1. The second-order valence-electron chi connectivity index (χ2n) is 7.48. The van der Waals surface area contributed by atoms with Crippen molar-refractivity contribution in [3.05, 3.63) is 54.0 Å². The molecule has 2 aromatic heterocycles. The number of anilines is 2. The van der Waals surface area contributed by atoms with E-state index in [9.17, 15) is 4.79 Å². The first-order valence-electron chi connectivity index (χ1n) is 9.62. The smallest absolute Gasteiger partial charge is 0.404 e. The van der Waals surface area contributed by atoms with Crippen molar-refractivity contribution >= 4 is 23.1 Å². The third kappa shape index (κ3) is 4.30. The van der Waals surface area contributed by atoms with Crippen molar-refractivity contribution < 1.29 is 9.90 Å². The number of hydrogen-bond donors (Lipinski definition) is 4. The lowest BCUT2D eigenvalue weighted by molar-refractivity contribution is 0.149. The Morgan fingerprint density at radius 3 is 3.03 bits per heavy atom. The van der Waals surface area contributed by atoms with E-state index in [0.717, 1.165) is 41.1 Å². The van der Waals surface area contributed by atoms with E-state index in [2.05, 4.69) is 31.7 Å². The van der Waals surface area contributed by atoms with Crippen LogP contribution >= 0.6 is 0 Å². The van der Waals surface area contributed by atoms with Crippen molar-refractivity contribution in [3.63, 3.8) is 0 Å². The third-order valence-electron chi connectivity index (χ3n) is 5.27. The lowest BCUT2D eigenvalue weighted by Crippen LogP contribution is -2.57. The van der Waals surface area contributed by atoms with Crippen LogP contribution in [-0.4, -0.2) is 55.9 Å². The highest BCUT2D eigenvalue weighted by Crippen LogP contribution is 2.25. The molecule has 1 saturated heterocycles. The summed E-state index contributed by atoms with van der Waals surface area (Å²) in [6, 6.07) is 9.69. The number of aryl methyl sites for hydroxylation is 1. The molecule has 1 aromatic carbocycles. The van der Waals surface area contributed by atoms with Crippen LogP contribution in [0.2, 0.25) is 0 Å².